The summed E-state index contributed by atoms with van der Waals surface area (Å²) in [4.78, 5) is 37.9. The highest BCUT2D eigenvalue weighted by Crippen LogP contribution is 2.24. The van der Waals surface area contributed by atoms with Crippen LogP contribution in [0.1, 0.15) is 55.8 Å². The van der Waals surface area contributed by atoms with E-state index in [1.807, 2.05) is 0 Å². The van der Waals surface area contributed by atoms with Crippen LogP contribution in [0.5, 0.6) is 0 Å². The van der Waals surface area contributed by atoms with E-state index in [9.17, 15) is 14.4 Å². The Bertz CT molecular complexity index is 739. The van der Waals surface area contributed by atoms with Crippen molar-refractivity contribution in [3.05, 3.63) is 41.5 Å². The molecule has 2 amide bonds. The molecule has 1 aromatic rings. The molecule has 6 nitrogen and oxygen atoms in total. The highest BCUT2D eigenvalue weighted by atomic mass is 16.5. The molecular weight excluding hydrogens is 344 g/mol. The summed E-state index contributed by atoms with van der Waals surface area (Å²) in [7, 11) is 0. The van der Waals surface area contributed by atoms with Gasteiger partial charge in [0.1, 0.15) is 0 Å². The molecule has 1 saturated heterocycles. The Kier molecular flexibility index (Phi) is 6.40. The van der Waals surface area contributed by atoms with E-state index in [2.05, 4.69) is 11.4 Å². The van der Waals surface area contributed by atoms with Crippen LogP contribution >= 0.6 is 0 Å². The van der Waals surface area contributed by atoms with Crippen molar-refractivity contribution in [1.29, 1.82) is 0 Å². The third kappa shape index (κ3) is 4.63. The van der Waals surface area contributed by atoms with Gasteiger partial charge in [-0.05, 0) is 69.8 Å². The van der Waals surface area contributed by atoms with Crippen molar-refractivity contribution < 1.29 is 19.1 Å². The molecule has 1 N–H and O–H groups in total. The van der Waals surface area contributed by atoms with E-state index in [1.165, 1.54) is 23.3 Å². The number of hydrogen-bond acceptors (Lipinski definition) is 5. The summed E-state index contributed by atoms with van der Waals surface area (Å²) in [5, 5.41) is 3.23. The van der Waals surface area contributed by atoms with Gasteiger partial charge >= 0.3 is 5.97 Å². The topological polar surface area (TPSA) is 75.7 Å². The standard InChI is InChI=1S/C21H26N2O4/c1-2-27-21(26)16-8-10-17(11-9-16)23-19(24)14-18(20(23)25)22-13-12-15-6-4-3-5-7-15/h6,8-11,18,22H,2-5,7,12-14H2,1H3/t18-/m0/s1. The molecule has 1 heterocycles. The number of imide groups is 1. The third-order valence-corrected chi connectivity index (χ3v) is 5.01. The lowest BCUT2D eigenvalue weighted by atomic mass is 9.97. The van der Waals surface area contributed by atoms with E-state index in [4.69, 9.17) is 4.74 Å². The number of rotatable bonds is 7. The quantitative estimate of drug-likeness (QED) is 0.454. The normalized spacial score (nSPS) is 20.0. The molecule has 0 saturated carbocycles. The summed E-state index contributed by atoms with van der Waals surface area (Å²) < 4.78 is 4.95. The van der Waals surface area contributed by atoms with Crippen molar-refractivity contribution in [1.82, 2.24) is 5.32 Å². The van der Waals surface area contributed by atoms with E-state index >= 15 is 0 Å². The van der Waals surface area contributed by atoms with E-state index < -0.39 is 12.0 Å². The first-order valence-electron chi connectivity index (χ1n) is 9.65. The largest absolute Gasteiger partial charge is 0.462 e. The highest BCUT2D eigenvalue weighted by molar-refractivity contribution is 6.22. The Morgan fingerprint density at radius 3 is 2.67 bits per heavy atom. The SMILES string of the molecule is CCOC(=O)c1ccc(N2C(=O)C[C@H](NCCC3=CCCCC3)C2=O)cc1. The van der Waals surface area contributed by atoms with Crippen LogP contribution < -0.4 is 10.2 Å². The zero-order valence-electron chi connectivity index (χ0n) is 15.7. The maximum absolute atomic E-state index is 12.7. The Labute approximate surface area is 159 Å². The van der Waals surface area contributed by atoms with Crippen molar-refractivity contribution >= 4 is 23.5 Å². The van der Waals surface area contributed by atoms with Gasteiger partial charge in [-0.2, -0.15) is 0 Å². The molecule has 2 aliphatic rings. The van der Waals surface area contributed by atoms with Crippen LogP contribution in [0.2, 0.25) is 0 Å². The number of allylic oxidation sites excluding steroid dienone is 1. The molecule has 0 bridgehead atoms. The molecule has 0 radical (unpaired) electrons. The maximum Gasteiger partial charge on any atom is 0.338 e. The second-order valence-electron chi connectivity index (χ2n) is 6.90. The molecule has 0 aromatic heterocycles. The number of carbonyl (C=O) groups excluding carboxylic acids is 3. The summed E-state index contributed by atoms with van der Waals surface area (Å²) >= 11 is 0. The summed E-state index contributed by atoms with van der Waals surface area (Å²) in [6.45, 7) is 2.74. The summed E-state index contributed by atoms with van der Waals surface area (Å²) in [5.74, 6) is -0.875. The van der Waals surface area contributed by atoms with E-state index in [0.717, 1.165) is 19.3 Å². The molecule has 1 aliphatic carbocycles. The fourth-order valence-electron chi connectivity index (χ4n) is 3.56. The van der Waals surface area contributed by atoms with Gasteiger partial charge in [0.05, 0.1) is 30.3 Å². The number of carbonyl (C=O) groups is 3. The van der Waals surface area contributed by atoms with Gasteiger partial charge in [-0.25, -0.2) is 9.69 Å². The van der Waals surface area contributed by atoms with Gasteiger partial charge in [-0.15, -0.1) is 0 Å². The predicted octanol–water partition coefficient (Wildman–Crippen LogP) is 2.98. The number of esters is 1. The number of amides is 2. The lowest BCUT2D eigenvalue weighted by Crippen LogP contribution is -2.39. The van der Waals surface area contributed by atoms with Gasteiger partial charge in [-0.1, -0.05) is 11.6 Å². The van der Waals surface area contributed by atoms with Gasteiger partial charge < -0.3 is 10.1 Å². The van der Waals surface area contributed by atoms with Crippen LogP contribution in [0.15, 0.2) is 35.9 Å². The molecular formula is C21H26N2O4. The zero-order chi connectivity index (χ0) is 19.2. The smallest absolute Gasteiger partial charge is 0.338 e. The highest BCUT2D eigenvalue weighted by Gasteiger charge is 2.39. The number of nitrogens with zero attached hydrogens (tertiary/aromatic N) is 1. The first-order chi connectivity index (χ1) is 13.1. The molecule has 1 atom stereocenters. The molecule has 27 heavy (non-hydrogen) atoms. The van der Waals surface area contributed by atoms with E-state index in [-0.39, 0.29) is 18.2 Å². The molecule has 1 aromatic carbocycles. The fraction of sp³-hybridized carbons (Fsp3) is 0.476. The van der Waals surface area contributed by atoms with Gasteiger partial charge in [0.25, 0.3) is 5.91 Å². The number of ether oxygens (including phenoxy) is 1. The first-order valence-corrected chi connectivity index (χ1v) is 9.65. The van der Waals surface area contributed by atoms with Crippen LogP contribution in [0, 0.1) is 0 Å². The lowest BCUT2D eigenvalue weighted by molar-refractivity contribution is -0.121. The second kappa shape index (κ2) is 8.95. The zero-order valence-corrected chi connectivity index (χ0v) is 15.7. The van der Waals surface area contributed by atoms with Gasteiger partial charge in [0.15, 0.2) is 0 Å². The minimum Gasteiger partial charge on any atom is -0.462 e. The van der Waals surface area contributed by atoms with Crippen molar-refractivity contribution in [2.24, 2.45) is 0 Å². The van der Waals surface area contributed by atoms with Gasteiger partial charge in [0.2, 0.25) is 5.91 Å². The molecule has 1 fully saturated rings. The summed E-state index contributed by atoms with van der Waals surface area (Å²) in [6, 6.07) is 5.88. The minimum absolute atomic E-state index is 0.164. The average molecular weight is 370 g/mol. The Hall–Kier alpha value is -2.47. The molecule has 3 rings (SSSR count). The van der Waals surface area contributed by atoms with E-state index in [0.29, 0.717) is 24.4 Å². The Morgan fingerprint density at radius 1 is 1.22 bits per heavy atom. The summed E-state index contributed by atoms with van der Waals surface area (Å²) in [6.07, 6.45) is 8.16. The van der Waals surface area contributed by atoms with Crippen molar-refractivity contribution in [2.45, 2.75) is 51.5 Å². The Balaban J connectivity index is 1.58. The first kappa shape index (κ1) is 19.3. The van der Waals surface area contributed by atoms with Gasteiger partial charge in [-0.3, -0.25) is 9.59 Å². The van der Waals surface area contributed by atoms with Gasteiger partial charge in [0, 0.05) is 0 Å². The van der Waals surface area contributed by atoms with Crippen molar-refractivity contribution in [3.8, 4) is 0 Å². The van der Waals surface area contributed by atoms with E-state index in [1.54, 1.807) is 31.2 Å². The fourth-order valence-corrected chi connectivity index (χ4v) is 3.56. The average Bonchev–Trinajstić information content (AvgIpc) is 2.96. The molecule has 0 spiro atoms. The van der Waals surface area contributed by atoms with Crippen LogP contribution in [-0.2, 0) is 14.3 Å². The predicted molar refractivity (Wildman–Crippen MR) is 102 cm³/mol. The lowest BCUT2D eigenvalue weighted by Gasteiger charge is -2.17. The van der Waals surface area contributed by atoms with Crippen molar-refractivity contribution in [3.63, 3.8) is 0 Å². The van der Waals surface area contributed by atoms with Crippen LogP contribution in [-0.4, -0.2) is 37.0 Å². The molecule has 144 valence electrons. The molecule has 6 heteroatoms. The number of anilines is 1. The van der Waals surface area contributed by atoms with Crippen molar-refractivity contribution in [2.75, 3.05) is 18.1 Å². The number of hydrogen-bond donors (Lipinski definition) is 1. The maximum atomic E-state index is 12.7. The molecule has 1 aliphatic heterocycles. The van der Waals surface area contributed by atoms with Crippen LogP contribution in [0.25, 0.3) is 0 Å². The monoisotopic (exact) mass is 370 g/mol. The number of benzene rings is 1. The minimum atomic E-state index is -0.480. The Morgan fingerprint density at radius 2 is 2.00 bits per heavy atom. The molecule has 0 unspecified atom stereocenters. The summed E-state index contributed by atoms with van der Waals surface area (Å²) in [5.41, 5.74) is 2.32. The van der Waals surface area contributed by atoms with Crippen LogP contribution in [0.3, 0.4) is 0 Å². The van der Waals surface area contributed by atoms with Crippen LogP contribution in [0.4, 0.5) is 5.69 Å². The second-order valence-corrected chi connectivity index (χ2v) is 6.90. The third-order valence-electron chi connectivity index (χ3n) is 5.01. The number of nitrogens with one attached hydrogen (secondary N) is 1.